The number of hydrogen-bond donors (Lipinski definition) is 2. The molecule has 0 aliphatic carbocycles. The second kappa shape index (κ2) is 12.3. The van der Waals surface area contributed by atoms with Crippen LogP contribution in [0.15, 0.2) is 47.6 Å². The van der Waals surface area contributed by atoms with Crippen molar-refractivity contribution in [3.05, 3.63) is 59.4 Å². The van der Waals surface area contributed by atoms with Crippen LogP contribution in [-0.4, -0.2) is 46.0 Å². The van der Waals surface area contributed by atoms with Gasteiger partial charge < -0.3 is 24.7 Å². The number of carbonyl (C=O) groups excluding carboxylic acids is 2. The summed E-state index contributed by atoms with van der Waals surface area (Å²) in [5.41, 5.74) is 2.85. The molecule has 0 saturated heterocycles. The summed E-state index contributed by atoms with van der Waals surface area (Å²) in [6, 6.07) is 13.3. The molecule has 3 aromatic rings. The Morgan fingerprint density at radius 2 is 1.83 bits per heavy atom. The lowest BCUT2D eigenvalue weighted by molar-refractivity contribution is -0.123. The lowest BCUT2D eigenvalue weighted by atomic mass is 10.0. The maximum atomic E-state index is 12.4. The van der Waals surface area contributed by atoms with Crippen molar-refractivity contribution < 1.29 is 19.1 Å². The van der Waals surface area contributed by atoms with Gasteiger partial charge in [0, 0.05) is 7.05 Å². The fraction of sp³-hybridized carbons (Fsp3) is 0.360. The Hall–Kier alpha value is -3.53. The van der Waals surface area contributed by atoms with Gasteiger partial charge in [-0.2, -0.15) is 0 Å². The van der Waals surface area contributed by atoms with Gasteiger partial charge in [-0.05, 0) is 48.2 Å². The molecule has 2 aromatic carbocycles. The van der Waals surface area contributed by atoms with Crippen molar-refractivity contribution in [3.63, 3.8) is 0 Å². The van der Waals surface area contributed by atoms with Gasteiger partial charge in [0.1, 0.15) is 11.5 Å². The molecule has 2 N–H and O–H groups in total. The average Bonchev–Trinajstić information content (AvgIpc) is 3.19. The van der Waals surface area contributed by atoms with E-state index in [2.05, 4.69) is 34.7 Å². The Labute approximate surface area is 209 Å². The minimum atomic E-state index is -0.262. The zero-order chi connectivity index (χ0) is 25.4. The van der Waals surface area contributed by atoms with Crippen LogP contribution in [0.25, 0.3) is 0 Å². The van der Waals surface area contributed by atoms with Crippen LogP contribution in [0.2, 0.25) is 0 Å². The average molecular weight is 498 g/mol. The molecule has 1 heterocycles. The normalized spacial score (nSPS) is 10.8. The minimum absolute atomic E-state index is 0.0942. The molecule has 1 aromatic heterocycles. The number of methoxy groups -OCH3 is 1. The first-order chi connectivity index (χ1) is 16.8. The van der Waals surface area contributed by atoms with Crippen LogP contribution in [0.5, 0.6) is 11.5 Å². The number of carbonyl (C=O) groups is 2. The van der Waals surface area contributed by atoms with Gasteiger partial charge in [-0.25, -0.2) is 0 Å². The fourth-order valence-corrected chi connectivity index (χ4v) is 3.92. The number of aryl methyl sites for hydroxylation is 1. The highest BCUT2D eigenvalue weighted by atomic mass is 32.2. The summed E-state index contributed by atoms with van der Waals surface area (Å²) in [6.07, 6.45) is 0. The Morgan fingerprint density at radius 3 is 2.51 bits per heavy atom. The van der Waals surface area contributed by atoms with E-state index in [4.69, 9.17) is 9.47 Å². The first kappa shape index (κ1) is 26.1. The van der Waals surface area contributed by atoms with E-state index in [1.54, 1.807) is 18.7 Å². The summed E-state index contributed by atoms with van der Waals surface area (Å²) < 4.78 is 12.6. The summed E-state index contributed by atoms with van der Waals surface area (Å²) in [4.78, 5) is 24.6. The van der Waals surface area contributed by atoms with E-state index in [0.29, 0.717) is 34.1 Å². The van der Waals surface area contributed by atoms with E-state index in [-0.39, 0.29) is 30.7 Å². The predicted molar refractivity (Wildman–Crippen MR) is 136 cm³/mol. The Kier molecular flexibility index (Phi) is 9.13. The third-order valence-corrected chi connectivity index (χ3v) is 6.27. The summed E-state index contributed by atoms with van der Waals surface area (Å²) in [5.74, 6) is 1.96. The van der Waals surface area contributed by atoms with Crippen molar-refractivity contribution in [1.29, 1.82) is 0 Å². The van der Waals surface area contributed by atoms with Gasteiger partial charge in [0.2, 0.25) is 5.91 Å². The van der Waals surface area contributed by atoms with E-state index in [9.17, 15) is 9.59 Å². The first-order valence-electron chi connectivity index (χ1n) is 11.2. The Morgan fingerprint density at radius 1 is 1.09 bits per heavy atom. The van der Waals surface area contributed by atoms with Crippen molar-refractivity contribution in [2.45, 2.75) is 38.4 Å². The largest absolute Gasteiger partial charge is 0.495 e. The summed E-state index contributed by atoms with van der Waals surface area (Å²) in [7, 11) is 3.35. The van der Waals surface area contributed by atoms with Gasteiger partial charge in [-0.3, -0.25) is 9.59 Å². The second-order valence-corrected chi connectivity index (χ2v) is 9.23. The van der Waals surface area contributed by atoms with E-state index in [0.717, 1.165) is 5.56 Å². The highest BCUT2D eigenvalue weighted by Crippen LogP contribution is 2.26. The second-order valence-electron chi connectivity index (χ2n) is 8.29. The molecule has 35 heavy (non-hydrogen) atoms. The van der Waals surface area contributed by atoms with Crippen LogP contribution < -0.4 is 20.1 Å². The van der Waals surface area contributed by atoms with Gasteiger partial charge in [0.05, 0.1) is 25.1 Å². The molecule has 0 saturated carbocycles. The molecule has 0 bridgehead atoms. The smallest absolute Gasteiger partial charge is 0.258 e. The zero-order valence-corrected chi connectivity index (χ0v) is 21.4. The Balaban J connectivity index is 1.45. The van der Waals surface area contributed by atoms with Crippen LogP contribution in [0.3, 0.4) is 0 Å². The van der Waals surface area contributed by atoms with Crippen LogP contribution >= 0.6 is 11.8 Å². The molecule has 9 nitrogen and oxygen atoms in total. The molecule has 0 radical (unpaired) electrons. The van der Waals surface area contributed by atoms with Gasteiger partial charge in [0.25, 0.3) is 5.91 Å². The highest BCUT2D eigenvalue weighted by Gasteiger charge is 2.14. The van der Waals surface area contributed by atoms with Crippen LogP contribution in [0.4, 0.5) is 5.69 Å². The van der Waals surface area contributed by atoms with Crippen molar-refractivity contribution in [2.24, 2.45) is 7.05 Å². The predicted octanol–water partition coefficient (Wildman–Crippen LogP) is 3.68. The zero-order valence-electron chi connectivity index (χ0n) is 20.6. The third kappa shape index (κ3) is 7.48. The molecule has 0 spiro atoms. The summed E-state index contributed by atoms with van der Waals surface area (Å²) in [6.45, 7) is 6.29. The van der Waals surface area contributed by atoms with Crippen LogP contribution in [0.1, 0.15) is 36.7 Å². The molecule has 0 atom stereocenters. The van der Waals surface area contributed by atoms with Gasteiger partial charge in [0.15, 0.2) is 17.6 Å². The van der Waals surface area contributed by atoms with E-state index >= 15 is 0 Å². The number of thioether (sulfide) groups is 1. The van der Waals surface area contributed by atoms with Crippen molar-refractivity contribution in [3.8, 4) is 11.5 Å². The highest BCUT2D eigenvalue weighted by molar-refractivity contribution is 7.99. The molecule has 0 fully saturated rings. The monoisotopic (exact) mass is 497 g/mol. The van der Waals surface area contributed by atoms with Gasteiger partial charge >= 0.3 is 0 Å². The summed E-state index contributed by atoms with van der Waals surface area (Å²) in [5, 5.41) is 14.5. The number of nitrogens with zero attached hydrogens (tertiary/aromatic N) is 3. The lowest BCUT2D eigenvalue weighted by Crippen LogP contribution is -2.29. The Bertz CT molecular complexity index is 1160. The number of benzene rings is 2. The van der Waals surface area contributed by atoms with Crippen molar-refractivity contribution >= 4 is 29.3 Å². The molecule has 3 rings (SSSR count). The van der Waals surface area contributed by atoms with E-state index in [1.165, 1.54) is 17.3 Å². The maximum Gasteiger partial charge on any atom is 0.258 e. The van der Waals surface area contributed by atoms with Gasteiger partial charge in [-0.1, -0.05) is 43.8 Å². The quantitative estimate of drug-likeness (QED) is 0.389. The topological polar surface area (TPSA) is 107 Å². The minimum Gasteiger partial charge on any atom is -0.495 e. The third-order valence-electron chi connectivity index (χ3n) is 5.25. The van der Waals surface area contributed by atoms with Crippen LogP contribution in [0, 0.1) is 6.92 Å². The maximum absolute atomic E-state index is 12.4. The number of amides is 2. The number of nitrogens with one attached hydrogen (secondary N) is 2. The molecule has 0 aliphatic heterocycles. The molecule has 2 amide bonds. The number of hydrogen-bond acceptors (Lipinski definition) is 7. The molecule has 0 aliphatic rings. The van der Waals surface area contributed by atoms with E-state index in [1.807, 2.05) is 49.4 Å². The van der Waals surface area contributed by atoms with Crippen molar-refractivity contribution in [2.75, 3.05) is 24.8 Å². The molecule has 0 unspecified atom stereocenters. The van der Waals surface area contributed by atoms with Gasteiger partial charge in [-0.15, -0.1) is 10.2 Å². The standard InChI is InChI=1S/C25H31N5O4S/c1-16(2)18-7-9-19(10-8-18)34-14-23(31)26-13-22-28-29-25(30(22)4)35-15-24(32)27-20-12-17(3)6-11-21(20)33-5/h6-12,16H,13-15H2,1-5H3,(H,26,31)(H,27,32). The molecule has 186 valence electrons. The first-order valence-corrected chi connectivity index (χ1v) is 12.2. The molecular formula is C25H31N5O4S. The number of anilines is 1. The SMILES string of the molecule is COc1ccc(C)cc1NC(=O)CSc1nnc(CNC(=O)COc2ccc(C(C)C)cc2)n1C. The fourth-order valence-electron chi connectivity index (χ4n) is 3.19. The lowest BCUT2D eigenvalue weighted by Gasteiger charge is -2.11. The van der Waals surface area contributed by atoms with Crippen LogP contribution in [-0.2, 0) is 23.2 Å². The number of ether oxygens (including phenoxy) is 2. The van der Waals surface area contributed by atoms with E-state index < -0.39 is 0 Å². The summed E-state index contributed by atoms with van der Waals surface area (Å²) >= 11 is 1.26. The molecule has 10 heteroatoms. The van der Waals surface area contributed by atoms with Crippen molar-refractivity contribution in [1.82, 2.24) is 20.1 Å². The number of aromatic nitrogens is 3. The molecular weight excluding hydrogens is 466 g/mol. The number of rotatable bonds is 11.